The van der Waals surface area contributed by atoms with Crippen LogP contribution in [0.25, 0.3) is 0 Å². The second kappa shape index (κ2) is 6.86. The van der Waals surface area contributed by atoms with Crippen LogP contribution in [0, 0.1) is 13.8 Å². The number of fused-ring (bicyclic) bond motifs is 1. The molecule has 0 saturated heterocycles. The highest BCUT2D eigenvalue weighted by Gasteiger charge is 2.17. The first-order valence-electron chi connectivity index (χ1n) is 8.25. The van der Waals surface area contributed by atoms with E-state index in [-0.39, 0.29) is 6.03 Å². The highest BCUT2D eigenvalue weighted by molar-refractivity contribution is 5.73. The number of benzene rings is 1. The fourth-order valence-electron chi connectivity index (χ4n) is 3.07. The van der Waals surface area contributed by atoms with Crippen molar-refractivity contribution in [3.63, 3.8) is 0 Å². The maximum atomic E-state index is 12.0. The van der Waals surface area contributed by atoms with Gasteiger partial charge in [0.25, 0.3) is 0 Å². The molecule has 0 saturated carbocycles. The minimum Gasteiger partial charge on any atom is -0.334 e. The van der Waals surface area contributed by atoms with Crippen molar-refractivity contribution in [3.8, 4) is 0 Å². The molecule has 0 radical (unpaired) electrons. The van der Waals surface area contributed by atoms with Gasteiger partial charge in [-0.05, 0) is 38.7 Å². The molecule has 1 aliphatic heterocycles. The summed E-state index contributed by atoms with van der Waals surface area (Å²) in [6.45, 7) is 6.16. The molecule has 122 valence electrons. The summed E-state index contributed by atoms with van der Waals surface area (Å²) in [5.41, 5.74) is 4.61. The molecule has 0 atom stereocenters. The molecule has 2 heterocycles. The zero-order valence-corrected chi connectivity index (χ0v) is 13.9. The lowest BCUT2D eigenvalue weighted by molar-refractivity contribution is 0.240. The van der Waals surface area contributed by atoms with E-state index in [0.29, 0.717) is 13.1 Å². The Morgan fingerprint density at radius 3 is 2.65 bits per heavy atom. The normalized spacial score (nSPS) is 13.5. The lowest BCUT2D eigenvalue weighted by Crippen LogP contribution is -2.35. The number of aromatic nitrogens is 2. The molecule has 2 aromatic rings. The average Bonchev–Trinajstić information content (AvgIpc) is 2.89. The number of nitrogens with one attached hydrogen (secondary N) is 2. The van der Waals surface area contributed by atoms with Gasteiger partial charge in [-0.25, -0.2) is 9.78 Å². The summed E-state index contributed by atoms with van der Waals surface area (Å²) >= 11 is 0. The van der Waals surface area contributed by atoms with E-state index in [2.05, 4.69) is 39.2 Å². The molecular formula is C18H24N4O. The summed E-state index contributed by atoms with van der Waals surface area (Å²) in [6, 6.07) is 8.01. The van der Waals surface area contributed by atoms with Gasteiger partial charge < -0.3 is 15.2 Å². The van der Waals surface area contributed by atoms with Crippen molar-refractivity contribution in [1.29, 1.82) is 0 Å². The minimum atomic E-state index is -0.152. The molecule has 1 aliphatic rings. The number of hydrogen-bond donors (Lipinski definition) is 2. The van der Waals surface area contributed by atoms with Crippen molar-refractivity contribution < 1.29 is 4.79 Å². The fraction of sp³-hybridized carbons (Fsp3) is 0.444. The summed E-state index contributed by atoms with van der Waals surface area (Å²) < 4.78 is 2.28. The molecule has 2 amide bonds. The van der Waals surface area contributed by atoms with Crippen LogP contribution in [-0.2, 0) is 26.1 Å². The van der Waals surface area contributed by atoms with Gasteiger partial charge in [0.05, 0.1) is 12.2 Å². The van der Waals surface area contributed by atoms with Crippen LogP contribution in [0.4, 0.5) is 4.79 Å². The van der Waals surface area contributed by atoms with Crippen molar-refractivity contribution in [2.45, 2.75) is 52.7 Å². The Balaban J connectivity index is 1.52. The quantitative estimate of drug-likeness (QED) is 0.912. The highest BCUT2D eigenvalue weighted by atomic mass is 16.2. The van der Waals surface area contributed by atoms with Gasteiger partial charge in [0.1, 0.15) is 5.82 Å². The van der Waals surface area contributed by atoms with Gasteiger partial charge in [0.15, 0.2) is 0 Å². The molecule has 5 heteroatoms. The molecule has 3 rings (SSSR count). The Morgan fingerprint density at radius 2 is 1.87 bits per heavy atom. The number of hydrogen-bond acceptors (Lipinski definition) is 2. The van der Waals surface area contributed by atoms with Gasteiger partial charge >= 0.3 is 6.03 Å². The van der Waals surface area contributed by atoms with Crippen LogP contribution in [0.2, 0.25) is 0 Å². The zero-order chi connectivity index (χ0) is 16.2. The number of rotatable bonds is 4. The van der Waals surface area contributed by atoms with Crippen molar-refractivity contribution >= 4 is 6.03 Å². The molecule has 0 fully saturated rings. The Bertz CT molecular complexity index is 688. The summed E-state index contributed by atoms with van der Waals surface area (Å²) in [6.07, 6.45) is 3.48. The molecule has 1 aromatic heterocycles. The predicted octanol–water partition coefficient (Wildman–Crippen LogP) is 2.84. The van der Waals surface area contributed by atoms with Crippen molar-refractivity contribution in [3.05, 3.63) is 52.6 Å². The van der Waals surface area contributed by atoms with Crippen LogP contribution in [-0.4, -0.2) is 15.6 Å². The van der Waals surface area contributed by atoms with Gasteiger partial charge in [-0.1, -0.05) is 29.8 Å². The Labute approximate surface area is 137 Å². The molecule has 0 unspecified atom stereocenters. The third kappa shape index (κ3) is 3.73. The van der Waals surface area contributed by atoms with E-state index in [0.717, 1.165) is 30.0 Å². The second-order valence-corrected chi connectivity index (χ2v) is 6.18. The SMILES string of the molecule is Cc1ccc(CNC(=O)NCc2nc(C)n3c2CCCC3)cc1. The van der Waals surface area contributed by atoms with Crippen LogP contribution in [0.3, 0.4) is 0 Å². The molecule has 0 aliphatic carbocycles. The first kappa shape index (κ1) is 15.6. The Hall–Kier alpha value is -2.30. The van der Waals surface area contributed by atoms with Crippen molar-refractivity contribution in [2.75, 3.05) is 0 Å². The largest absolute Gasteiger partial charge is 0.334 e. The van der Waals surface area contributed by atoms with Crippen molar-refractivity contribution in [1.82, 2.24) is 20.2 Å². The maximum absolute atomic E-state index is 12.0. The fourth-order valence-corrected chi connectivity index (χ4v) is 3.07. The lowest BCUT2D eigenvalue weighted by Gasteiger charge is -2.16. The summed E-state index contributed by atoms with van der Waals surface area (Å²) in [5.74, 6) is 1.05. The Morgan fingerprint density at radius 1 is 1.13 bits per heavy atom. The van der Waals surface area contributed by atoms with Crippen LogP contribution in [0.1, 0.15) is 41.2 Å². The van der Waals surface area contributed by atoms with Crippen LogP contribution in [0.5, 0.6) is 0 Å². The second-order valence-electron chi connectivity index (χ2n) is 6.18. The van der Waals surface area contributed by atoms with E-state index in [9.17, 15) is 4.79 Å². The predicted molar refractivity (Wildman–Crippen MR) is 90.2 cm³/mol. The third-order valence-electron chi connectivity index (χ3n) is 4.38. The third-order valence-corrected chi connectivity index (χ3v) is 4.38. The number of carbonyl (C=O) groups excluding carboxylic acids is 1. The van der Waals surface area contributed by atoms with Crippen LogP contribution >= 0.6 is 0 Å². The summed E-state index contributed by atoms with van der Waals surface area (Å²) in [7, 11) is 0. The number of urea groups is 1. The molecular weight excluding hydrogens is 288 g/mol. The van der Waals surface area contributed by atoms with Gasteiger partial charge in [-0.15, -0.1) is 0 Å². The monoisotopic (exact) mass is 312 g/mol. The van der Waals surface area contributed by atoms with Gasteiger partial charge in [-0.3, -0.25) is 0 Å². The number of amides is 2. The zero-order valence-electron chi connectivity index (χ0n) is 13.9. The number of carbonyl (C=O) groups is 1. The molecule has 23 heavy (non-hydrogen) atoms. The van der Waals surface area contributed by atoms with E-state index in [1.54, 1.807) is 0 Å². The number of imidazole rings is 1. The lowest BCUT2D eigenvalue weighted by atomic mass is 10.1. The molecule has 5 nitrogen and oxygen atoms in total. The molecule has 1 aromatic carbocycles. The van der Waals surface area contributed by atoms with Gasteiger partial charge in [0.2, 0.25) is 0 Å². The maximum Gasteiger partial charge on any atom is 0.315 e. The standard InChI is InChI=1S/C18H24N4O/c1-13-6-8-15(9-7-13)11-19-18(23)20-12-16-17-5-3-4-10-22(17)14(2)21-16/h6-9H,3-5,10-12H2,1-2H3,(H2,19,20,23). The summed E-state index contributed by atoms with van der Waals surface area (Å²) in [4.78, 5) is 16.6. The van der Waals surface area contributed by atoms with E-state index in [1.807, 2.05) is 19.1 Å². The van der Waals surface area contributed by atoms with E-state index >= 15 is 0 Å². The van der Waals surface area contributed by atoms with Crippen LogP contribution < -0.4 is 10.6 Å². The molecule has 0 spiro atoms. The van der Waals surface area contributed by atoms with Crippen LogP contribution in [0.15, 0.2) is 24.3 Å². The number of aryl methyl sites for hydroxylation is 2. The number of nitrogens with zero attached hydrogens (tertiary/aromatic N) is 2. The summed E-state index contributed by atoms with van der Waals surface area (Å²) in [5, 5.41) is 5.81. The van der Waals surface area contributed by atoms with Gasteiger partial charge in [0, 0.05) is 18.8 Å². The van der Waals surface area contributed by atoms with E-state index < -0.39 is 0 Å². The molecule has 2 N–H and O–H groups in total. The minimum absolute atomic E-state index is 0.152. The Kier molecular flexibility index (Phi) is 4.65. The van der Waals surface area contributed by atoms with Crippen molar-refractivity contribution in [2.24, 2.45) is 0 Å². The first-order valence-corrected chi connectivity index (χ1v) is 8.25. The smallest absolute Gasteiger partial charge is 0.315 e. The highest BCUT2D eigenvalue weighted by Crippen LogP contribution is 2.20. The van der Waals surface area contributed by atoms with E-state index in [4.69, 9.17) is 0 Å². The average molecular weight is 312 g/mol. The van der Waals surface area contributed by atoms with Gasteiger partial charge in [-0.2, -0.15) is 0 Å². The molecule has 0 bridgehead atoms. The topological polar surface area (TPSA) is 59.0 Å². The van der Waals surface area contributed by atoms with E-state index in [1.165, 1.54) is 24.1 Å². The first-order chi connectivity index (χ1) is 11.1.